The summed E-state index contributed by atoms with van der Waals surface area (Å²) in [7, 11) is 0. The van der Waals surface area contributed by atoms with Crippen LogP contribution in [0, 0.1) is 0 Å². The molecule has 0 fully saturated rings. The van der Waals surface area contributed by atoms with Crippen LogP contribution in [0.2, 0.25) is 0 Å². The highest BCUT2D eigenvalue weighted by Gasteiger charge is 2.45. The Morgan fingerprint density at radius 2 is 1.07 bits per heavy atom. The molecule has 9 aromatic rings. The van der Waals surface area contributed by atoms with E-state index >= 15 is 0 Å². The molecule has 46 heavy (non-hydrogen) atoms. The molecular weight excluding hydrogens is 554 g/mol. The average molecular weight is 580 g/mol. The van der Waals surface area contributed by atoms with E-state index in [2.05, 4.69) is 167 Å². The van der Waals surface area contributed by atoms with Crippen molar-refractivity contribution in [2.24, 2.45) is 0 Å². The third-order valence-electron chi connectivity index (χ3n) is 10.6. The molecule has 2 aromatic heterocycles. The minimum Gasteiger partial charge on any atom is -0.311 e. The van der Waals surface area contributed by atoms with Gasteiger partial charge in [-0.25, -0.2) is 0 Å². The number of aromatic nitrogens is 1. The molecule has 0 unspecified atom stereocenters. The Bertz CT molecular complexity index is 2660. The molecule has 2 nitrogen and oxygen atoms in total. The predicted molar refractivity (Wildman–Crippen MR) is 198 cm³/mol. The van der Waals surface area contributed by atoms with Crippen molar-refractivity contribution in [3.63, 3.8) is 0 Å². The molecule has 0 amide bonds. The Balaban J connectivity index is 1.32. The molecule has 0 aliphatic carbocycles. The van der Waals surface area contributed by atoms with Crippen molar-refractivity contribution in [2.45, 2.75) is 0 Å². The first-order valence-corrected chi connectivity index (χ1v) is 16.2. The first-order valence-electron chi connectivity index (χ1n) is 16.2. The second-order valence-electron chi connectivity index (χ2n) is 12.8. The van der Waals surface area contributed by atoms with Gasteiger partial charge in [-0.2, -0.15) is 0 Å². The number of rotatable bonds is 2. The average Bonchev–Trinajstić information content (AvgIpc) is 3.65. The molecule has 7 aromatic carbocycles. The van der Waals surface area contributed by atoms with Gasteiger partial charge in [0.1, 0.15) is 0 Å². The summed E-state index contributed by atoms with van der Waals surface area (Å²) < 4.78 is 2.50. The smallest absolute Gasteiger partial charge is 0.245 e. The first kappa shape index (κ1) is 24.6. The molecule has 0 atom stereocenters. The normalized spacial score (nSPS) is 13.5. The van der Waals surface area contributed by atoms with Gasteiger partial charge in [-0.1, -0.05) is 149 Å². The minimum atomic E-state index is 0.138. The van der Waals surface area contributed by atoms with Crippen molar-refractivity contribution >= 4 is 101 Å². The molecule has 0 N–H and O–H groups in total. The van der Waals surface area contributed by atoms with Gasteiger partial charge >= 0.3 is 0 Å². The van der Waals surface area contributed by atoms with Crippen LogP contribution in [0.5, 0.6) is 0 Å². The van der Waals surface area contributed by atoms with E-state index in [1.54, 1.807) is 0 Å². The van der Waals surface area contributed by atoms with Crippen LogP contribution in [0.3, 0.4) is 0 Å². The maximum absolute atomic E-state index is 2.56. The third kappa shape index (κ3) is 2.99. The number of hydrogen-bond acceptors (Lipinski definition) is 1. The van der Waals surface area contributed by atoms with Crippen LogP contribution < -0.4 is 37.7 Å². The highest BCUT2D eigenvalue weighted by atomic mass is 15.2. The van der Waals surface area contributed by atoms with E-state index in [9.17, 15) is 0 Å². The molecule has 2 aliphatic rings. The van der Waals surface area contributed by atoms with Crippen molar-refractivity contribution in [2.75, 3.05) is 4.90 Å². The molecule has 4 heterocycles. The summed E-state index contributed by atoms with van der Waals surface area (Å²) >= 11 is 0. The van der Waals surface area contributed by atoms with Crippen LogP contribution >= 0.6 is 0 Å². The maximum Gasteiger partial charge on any atom is 0.245 e. The predicted octanol–water partition coefficient (Wildman–Crippen LogP) is 5.97. The molecule has 0 radical (unpaired) electrons. The van der Waals surface area contributed by atoms with Crippen LogP contribution in [0.25, 0.3) is 38.1 Å². The molecule has 11 rings (SSSR count). The van der Waals surface area contributed by atoms with E-state index in [-0.39, 0.29) is 13.4 Å². The summed E-state index contributed by atoms with van der Waals surface area (Å²) in [6, 6.07) is 58.7. The summed E-state index contributed by atoms with van der Waals surface area (Å²) in [5, 5.41) is 5.26. The minimum absolute atomic E-state index is 0.138. The molecule has 4 heteroatoms. The summed E-state index contributed by atoms with van der Waals surface area (Å²) in [5.41, 5.74) is 15.9. The van der Waals surface area contributed by atoms with E-state index in [1.165, 1.54) is 87.9 Å². The fourth-order valence-electron chi connectivity index (χ4n) is 8.98. The zero-order chi connectivity index (χ0) is 29.9. The van der Waals surface area contributed by atoms with Gasteiger partial charge < -0.3 is 9.30 Å². The fraction of sp³-hybridized carbons (Fsp3) is 0. The first-order chi connectivity index (χ1) is 22.9. The Morgan fingerprint density at radius 3 is 1.91 bits per heavy atom. The van der Waals surface area contributed by atoms with Crippen molar-refractivity contribution < 1.29 is 0 Å². The largest absolute Gasteiger partial charge is 0.311 e. The van der Waals surface area contributed by atoms with Crippen LogP contribution in [0.15, 0.2) is 158 Å². The topological polar surface area (TPSA) is 7.65 Å². The summed E-state index contributed by atoms with van der Waals surface area (Å²) in [6.45, 7) is 0.316. The van der Waals surface area contributed by atoms with Crippen molar-refractivity contribution in [1.29, 1.82) is 0 Å². The summed E-state index contributed by atoms with van der Waals surface area (Å²) in [4.78, 5) is 2.56. The number of benzene rings is 7. The zero-order valence-corrected chi connectivity index (χ0v) is 25.1. The van der Waals surface area contributed by atoms with E-state index in [1.807, 2.05) is 0 Å². The lowest BCUT2D eigenvalue weighted by Crippen LogP contribution is -2.76. The number of nitrogens with zero attached hydrogens (tertiary/aromatic N) is 2. The van der Waals surface area contributed by atoms with Gasteiger partial charge in [0, 0.05) is 32.9 Å². The van der Waals surface area contributed by atoms with Gasteiger partial charge in [0.2, 0.25) is 13.4 Å². The highest BCUT2D eigenvalue weighted by molar-refractivity contribution is 7.12. The fourth-order valence-corrected chi connectivity index (χ4v) is 8.98. The van der Waals surface area contributed by atoms with Gasteiger partial charge in [0.05, 0.1) is 22.2 Å². The number of fused-ring (bicyclic) bond motifs is 11. The molecule has 210 valence electrons. The number of hydrogen-bond donors (Lipinski definition) is 0. The van der Waals surface area contributed by atoms with E-state index in [4.69, 9.17) is 0 Å². The van der Waals surface area contributed by atoms with E-state index in [0.29, 0.717) is 0 Å². The van der Waals surface area contributed by atoms with Crippen LogP contribution in [-0.4, -0.2) is 17.8 Å². The monoisotopic (exact) mass is 580 g/mol. The van der Waals surface area contributed by atoms with Gasteiger partial charge in [-0.05, 0) is 41.3 Å². The molecule has 0 saturated carbocycles. The van der Waals surface area contributed by atoms with Crippen LogP contribution in [0.1, 0.15) is 0 Å². The molecular formula is C42H26B2N2. The van der Waals surface area contributed by atoms with Gasteiger partial charge in [-0.3, -0.25) is 0 Å². The van der Waals surface area contributed by atoms with Crippen molar-refractivity contribution in [1.82, 2.24) is 4.40 Å². The second kappa shape index (κ2) is 8.93. The SMILES string of the molecule is c1ccc(B2c3ccccc3B3c4ccc5c(c4N(c4ccccc4)c4cccc2c43)c2cccc3c4ccccc4n5c32)cc1. The Labute approximate surface area is 267 Å². The van der Waals surface area contributed by atoms with E-state index < -0.39 is 0 Å². The van der Waals surface area contributed by atoms with E-state index in [0.717, 1.165) is 0 Å². The standard InChI is InChI=1S/C42H26B2N2/c1-3-13-27(14-4-1)43-32-20-8-9-21-33(32)44-35-25-26-37-39(31-19-11-18-30-29-17-7-10-23-36(29)46(37)41(30)31)42(35)45(28-15-5-2-6-16-28)38-24-12-22-34(43)40(38)44/h1-26H. The summed E-state index contributed by atoms with van der Waals surface area (Å²) in [5.74, 6) is 0. The maximum atomic E-state index is 2.56. The van der Waals surface area contributed by atoms with Gasteiger partial charge in [-0.15, -0.1) is 0 Å². The lowest BCUT2D eigenvalue weighted by atomic mass is 9.20. The molecule has 0 spiro atoms. The quantitative estimate of drug-likeness (QED) is 0.229. The van der Waals surface area contributed by atoms with Crippen LogP contribution in [-0.2, 0) is 0 Å². The lowest BCUT2D eigenvalue weighted by Gasteiger charge is -2.42. The Hall–Kier alpha value is -5.73. The summed E-state index contributed by atoms with van der Waals surface area (Å²) in [6.07, 6.45) is 0. The van der Waals surface area contributed by atoms with Crippen molar-refractivity contribution in [3.8, 4) is 0 Å². The van der Waals surface area contributed by atoms with Gasteiger partial charge in [0.15, 0.2) is 0 Å². The zero-order valence-electron chi connectivity index (χ0n) is 25.1. The number of para-hydroxylation sites is 3. The van der Waals surface area contributed by atoms with Gasteiger partial charge in [0.25, 0.3) is 0 Å². The Morgan fingerprint density at radius 1 is 0.413 bits per heavy atom. The third-order valence-corrected chi connectivity index (χ3v) is 10.6. The molecule has 0 saturated heterocycles. The molecule has 2 aliphatic heterocycles. The van der Waals surface area contributed by atoms with Crippen molar-refractivity contribution in [3.05, 3.63) is 158 Å². The highest BCUT2D eigenvalue weighted by Crippen LogP contribution is 2.46. The Kier molecular flexibility index (Phi) is 4.77. The molecule has 0 bridgehead atoms. The second-order valence-corrected chi connectivity index (χ2v) is 12.8. The number of anilines is 3. The van der Waals surface area contributed by atoms with Crippen LogP contribution in [0.4, 0.5) is 17.1 Å². The lowest BCUT2D eigenvalue weighted by molar-refractivity contribution is 1.31.